The van der Waals surface area contributed by atoms with Crippen LogP contribution in [0.1, 0.15) is 258 Å². The molecule has 1 aliphatic rings. The van der Waals surface area contributed by atoms with Crippen LogP contribution in [-0.4, -0.2) is 65.3 Å². The molecule has 2 N–H and O–H groups in total. The van der Waals surface area contributed by atoms with Gasteiger partial charge in [-0.15, -0.1) is 0 Å². The number of hydrogen-bond acceptors (Lipinski definition) is 6. The zero-order chi connectivity index (χ0) is 39.2. The lowest BCUT2D eigenvalue weighted by Crippen LogP contribution is -2.46. The lowest BCUT2D eigenvalue weighted by Gasteiger charge is -2.38. The number of carbonyl (C=O) groups is 1. The number of aliphatic hydroxyl groups is 2. The van der Waals surface area contributed by atoms with Crippen molar-refractivity contribution in [2.24, 2.45) is 0 Å². The molecule has 1 aliphatic carbocycles. The van der Waals surface area contributed by atoms with Crippen LogP contribution < -0.4 is 0 Å². The summed E-state index contributed by atoms with van der Waals surface area (Å²) < 4.78 is 11.7. The summed E-state index contributed by atoms with van der Waals surface area (Å²) in [7, 11) is 0. The van der Waals surface area contributed by atoms with Crippen LogP contribution in [0.15, 0.2) is 0 Å². The normalized spacial score (nSPS) is 16.8. The van der Waals surface area contributed by atoms with Crippen LogP contribution in [0.2, 0.25) is 0 Å². The Morgan fingerprint density at radius 3 is 1.50 bits per heavy atom. The van der Waals surface area contributed by atoms with E-state index in [9.17, 15) is 15.0 Å². The molecule has 1 rings (SSSR count). The van der Waals surface area contributed by atoms with Crippen LogP contribution in [0, 0.1) is 0 Å². The highest BCUT2D eigenvalue weighted by molar-refractivity contribution is 5.69. The second kappa shape index (κ2) is 39.2. The van der Waals surface area contributed by atoms with Crippen molar-refractivity contribution in [1.82, 2.24) is 4.90 Å². The highest BCUT2D eigenvalue weighted by atomic mass is 16.6. The van der Waals surface area contributed by atoms with Crippen molar-refractivity contribution in [2.45, 2.75) is 283 Å². The van der Waals surface area contributed by atoms with Gasteiger partial charge < -0.3 is 19.7 Å². The molecule has 6 heteroatoms. The van der Waals surface area contributed by atoms with E-state index in [2.05, 4.69) is 25.7 Å². The fourth-order valence-corrected chi connectivity index (χ4v) is 8.43. The van der Waals surface area contributed by atoms with E-state index >= 15 is 0 Å². The molecule has 0 aliphatic heterocycles. The quantitative estimate of drug-likeness (QED) is 0.0367. The summed E-state index contributed by atoms with van der Waals surface area (Å²) >= 11 is 0. The van der Waals surface area contributed by atoms with E-state index in [-0.39, 0.29) is 18.2 Å². The third-order valence-electron chi connectivity index (χ3n) is 12.0. The molecule has 0 aromatic heterocycles. The number of hydrogen-bond donors (Lipinski definition) is 2. The summed E-state index contributed by atoms with van der Waals surface area (Å²) in [6.45, 7) is 9.54. The molecule has 1 saturated carbocycles. The van der Waals surface area contributed by atoms with Crippen LogP contribution in [-0.2, 0) is 14.3 Å². The van der Waals surface area contributed by atoms with Crippen LogP contribution in [0.5, 0.6) is 0 Å². The van der Waals surface area contributed by atoms with Crippen LogP contribution in [0.3, 0.4) is 0 Å². The van der Waals surface area contributed by atoms with E-state index in [0.29, 0.717) is 19.1 Å². The fraction of sp³-hybridized carbons (Fsp3) is 0.979. The van der Waals surface area contributed by atoms with Crippen molar-refractivity contribution in [1.29, 1.82) is 0 Å². The Morgan fingerprint density at radius 1 is 0.556 bits per heavy atom. The van der Waals surface area contributed by atoms with E-state index in [1.54, 1.807) is 0 Å². The molecular weight excluding hydrogens is 671 g/mol. The van der Waals surface area contributed by atoms with Gasteiger partial charge >= 0.3 is 5.97 Å². The SMILES string of the molecule is CCCCCCCCCOC(=O)CCCCCCCN(CCCCCCCC(O)OC(CCCCCCCC)CCCCCCCC)C1CCCCC1O. The monoisotopic (exact) mass is 766 g/mol. The molecule has 0 heterocycles. The number of nitrogens with zero attached hydrogens (tertiary/aromatic N) is 1. The molecular formula is C48H95NO5. The second-order valence-electron chi connectivity index (χ2n) is 17.2. The van der Waals surface area contributed by atoms with Crippen LogP contribution >= 0.6 is 0 Å². The summed E-state index contributed by atoms with van der Waals surface area (Å²) in [5.41, 5.74) is 0. The van der Waals surface area contributed by atoms with Crippen molar-refractivity contribution >= 4 is 5.97 Å². The van der Waals surface area contributed by atoms with Gasteiger partial charge in [0, 0.05) is 12.5 Å². The highest BCUT2D eigenvalue weighted by Gasteiger charge is 2.28. The van der Waals surface area contributed by atoms with Crippen molar-refractivity contribution in [3.05, 3.63) is 0 Å². The molecule has 0 aromatic rings. The van der Waals surface area contributed by atoms with Gasteiger partial charge in [-0.2, -0.15) is 0 Å². The van der Waals surface area contributed by atoms with Gasteiger partial charge in [0.25, 0.3) is 0 Å². The van der Waals surface area contributed by atoms with Crippen LogP contribution in [0.4, 0.5) is 0 Å². The van der Waals surface area contributed by atoms with Crippen LogP contribution in [0.25, 0.3) is 0 Å². The molecule has 6 nitrogen and oxygen atoms in total. The van der Waals surface area contributed by atoms with Crippen molar-refractivity contribution in [3.63, 3.8) is 0 Å². The van der Waals surface area contributed by atoms with Crippen molar-refractivity contribution < 1.29 is 24.5 Å². The first-order chi connectivity index (χ1) is 26.5. The predicted octanol–water partition coefficient (Wildman–Crippen LogP) is 13.8. The standard InChI is InChI=1S/C48H95NO5/c1-4-7-10-13-16-25-34-43-53-47(51)39-28-21-17-23-32-41-49(45-37-30-31-38-46(45)50)42-33-24-18-22-29-40-48(52)54-44(35-26-19-14-11-8-5-2)36-27-20-15-12-9-6-3/h44-46,48,50,52H,4-43H2,1-3H3. The van der Waals surface area contributed by atoms with Gasteiger partial charge in [0.05, 0.1) is 18.8 Å². The molecule has 0 saturated heterocycles. The zero-order valence-corrected chi connectivity index (χ0v) is 36.7. The van der Waals surface area contributed by atoms with Gasteiger partial charge in [-0.3, -0.25) is 9.69 Å². The summed E-state index contributed by atoms with van der Waals surface area (Å²) in [5.74, 6) is -0.0193. The molecule has 0 amide bonds. The number of rotatable bonds is 41. The van der Waals surface area contributed by atoms with Gasteiger partial charge in [0.15, 0.2) is 6.29 Å². The largest absolute Gasteiger partial charge is 0.466 e. The summed E-state index contributed by atoms with van der Waals surface area (Å²) in [4.78, 5) is 14.7. The number of esters is 1. The second-order valence-corrected chi connectivity index (χ2v) is 17.2. The number of aliphatic hydroxyl groups excluding tert-OH is 2. The van der Waals surface area contributed by atoms with Gasteiger partial charge in [-0.1, -0.05) is 188 Å². The minimum Gasteiger partial charge on any atom is -0.466 e. The predicted molar refractivity (Wildman–Crippen MR) is 231 cm³/mol. The smallest absolute Gasteiger partial charge is 0.305 e. The Bertz CT molecular complexity index is 764. The Balaban J connectivity index is 2.25. The first kappa shape index (κ1) is 51.3. The lowest BCUT2D eigenvalue weighted by molar-refractivity contribution is -0.144. The van der Waals surface area contributed by atoms with E-state index in [4.69, 9.17) is 9.47 Å². The zero-order valence-electron chi connectivity index (χ0n) is 36.7. The summed E-state index contributed by atoms with van der Waals surface area (Å²) in [6, 6.07) is 0.317. The van der Waals surface area contributed by atoms with Gasteiger partial charge in [-0.05, 0) is 77.3 Å². The van der Waals surface area contributed by atoms with E-state index in [1.165, 1.54) is 161 Å². The highest BCUT2D eigenvalue weighted by Crippen LogP contribution is 2.25. The Labute approximate surface area is 337 Å². The lowest BCUT2D eigenvalue weighted by atomic mass is 9.91. The minimum atomic E-state index is -0.619. The summed E-state index contributed by atoms with van der Waals surface area (Å²) in [5, 5.41) is 21.6. The number of carbonyl (C=O) groups excluding carboxylic acids is 1. The van der Waals surface area contributed by atoms with E-state index in [1.807, 2.05) is 0 Å². The molecule has 1 fully saturated rings. The number of ether oxygens (including phenoxy) is 2. The fourth-order valence-electron chi connectivity index (χ4n) is 8.43. The van der Waals surface area contributed by atoms with E-state index in [0.717, 1.165) is 83.7 Å². The van der Waals surface area contributed by atoms with Crippen molar-refractivity contribution in [2.75, 3.05) is 19.7 Å². The average Bonchev–Trinajstić information content (AvgIpc) is 3.17. The Kier molecular flexibility index (Phi) is 37.2. The molecule has 0 aromatic carbocycles. The number of unbranched alkanes of at least 4 members (excludes halogenated alkanes) is 24. The molecule has 54 heavy (non-hydrogen) atoms. The van der Waals surface area contributed by atoms with E-state index < -0.39 is 6.29 Å². The summed E-state index contributed by atoms with van der Waals surface area (Å²) in [6.07, 6.45) is 43.1. The topological polar surface area (TPSA) is 79.2 Å². The third kappa shape index (κ3) is 31.4. The maximum Gasteiger partial charge on any atom is 0.305 e. The molecule has 322 valence electrons. The first-order valence-corrected chi connectivity index (χ1v) is 24.4. The average molecular weight is 766 g/mol. The maximum atomic E-state index is 12.1. The maximum absolute atomic E-state index is 12.1. The third-order valence-corrected chi connectivity index (χ3v) is 12.0. The first-order valence-electron chi connectivity index (χ1n) is 24.4. The van der Waals surface area contributed by atoms with Crippen molar-refractivity contribution in [3.8, 4) is 0 Å². The van der Waals surface area contributed by atoms with Gasteiger partial charge in [0.2, 0.25) is 0 Å². The Morgan fingerprint density at radius 2 is 0.981 bits per heavy atom. The van der Waals surface area contributed by atoms with Gasteiger partial charge in [-0.25, -0.2) is 0 Å². The Hall–Kier alpha value is -0.690. The molecule has 0 radical (unpaired) electrons. The molecule has 0 bridgehead atoms. The minimum absolute atomic E-state index is 0.0193. The molecule has 3 unspecified atom stereocenters. The molecule has 3 atom stereocenters. The molecule has 0 spiro atoms. The van der Waals surface area contributed by atoms with Gasteiger partial charge in [0.1, 0.15) is 0 Å².